The minimum atomic E-state index is -0.822. The number of nitrogens with zero attached hydrogens (tertiary/aromatic N) is 1. The number of aliphatic carboxylic acids is 1. The smallest absolute Gasteiger partial charge is 0.303 e. The van der Waals surface area contributed by atoms with Gasteiger partial charge in [-0.05, 0) is 44.6 Å². The summed E-state index contributed by atoms with van der Waals surface area (Å²) in [5.74, 6) is -0.972. The molecule has 0 aliphatic rings. The number of benzene rings is 1. The van der Waals surface area contributed by atoms with Crippen LogP contribution in [0.2, 0.25) is 5.02 Å². The fourth-order valence-corrected chi connectivity index (χ4v) is 1.88. The zero-order valence-corrected chi connectivity index (χ0v) is 12.4. The molecule has 0 atom stereocenters. The Morgan fingerprint density at radius 3 is 2.70 bits per heavy atom. The Labute approximate surface area is 123 Å². The molecule has 0 bridgehead atoms. The molecule has 0 aromatic heterocycles. The van der Waals surface area contributed by atoms with Crippen LogP contribution in [0.4, 0.5) is 5.69 Å². The Kier molecular flexibility index (Phi) is 6.48. The van der Waals surface area contributed by atoms with E-state index in [1.807, 2.05) is 13.0 Å². The van der Waals surface area contributed by atoms with Gasteiger partial charge in [0.1, 0.15) is 0 Å². The largest absolute Gasteiger partial charge is 0.481 e. The summed E-state index contributed by atoms with van der Waals surface area (Å²) in [6.45, 7) is 2.67. The van der Waals surface area contributed by atoms with Crippen LogP contribution in [0.1, 0.15) is 18.4 Å². The molecule has 0 fully saturated rings. The summed E-state index contributed by atoms with van der Waals surface area (Å²) in [5.41, 5.74) is 1.61. The third-order valence-corrected chi connectivity index (χ3v) is 3.21. The van der Waals surface area contributed by atoms with Gasteiger partial charge >= 0.3 is 5.97 Å². The SMILES string of the molecule is Cc1ccc(NC(=O)CN(C)CCCC(=O)O)cc1Cl. The van der Waals surface area contributed by atoms with Gasteiger partial charge in [0.25, 0.3) is 0 Å². The van der Waals surface area contributed by atoms with E-state index in [2.05, 4.69) is 5.32 Å². The molecule has 0 saturated carbocycles. The normalized spacial score (nSPS) is 10.6. The fourth-order valence-electron chi connectivity index (χ4n) is 1.70. The first-order valence-corrected chi connectivity index (χ1v) is 6.72. The third kappa shape index (κ3) is 6.04. The number of anilines is 1. The lowest BCUT2D eigenvalue weighted by Gasteiger charge is -2.15. The molecule has 1 aromatic carbocycles. The number of amides is 1. The van der Waals surface area contributed by atoms with E-state index < -0.39 is 5.97 Å². The molecule has 1 amide bonds. The standard InChI is InChI=1S/C14H19ClN2O3/c1-10-5-6-11(8-12(10)15)16-13(18)9-17(2)7-3-4-14(19)20/h5-6,8H,3-4,7,9H2,1-2H3,(H,16,18)(H,19,20). The van der Waals surface area contributed by atoms with E-state index in [-0.39, 0.29) is 18.9 Å². The van der Waals surface area contributed by atoms with Gasteiger partial charge in [-0.15, -0.1) is 0 Å². The maximum atomic E-state index is 11.8. The summed E-state index contributed by atoms with van der Waals surface area (Å²) in [7, 11) is 1.78. The van der Waals surface area contributed by atoms with E-state index in [0.717, 1.165) is 5.56 Å². The van der Waals surface area contributed by atoms with Crippen molar-refractivity contribution in [3.05, 3.63) is 28.8 Å². The van der Waals surface area contributed by atoms with Gasteiger partial charge in [0.2, 0.25) is 5.91 Å². The van der Waals surface area contributed by atoms with Crippen LogP contribution in [0.15, 0.2) is 18.2 Å². The molecule has 0 unspecified atom stereocenters. The molecule has 0 saturated heterocycles. The summed E-state index contributed by atoms with van der Waals surface area (Å²) >= 11 is 5.98. The van der Waals surface area contributed by atoms with Crippen LogP contribution in [0.5, 0.6) is 0 Å². The third-order valence-electron chi connectivity index (χ3n) is 2.80. The van der Waals surface area contributed by atoms with Crippen LogP contribution in [-0.4, -0.2) is 42.0 Å². The van der Waals surface area contributed by atoms with E-state index >= 15 is 0 Å². The summed E-state index contributed by atoms with van der Waals surface area (Å²) < 4.78 is 0. The minimum Gasteiger partial charge on any atom is -0.481 e. The number of carbonyl (C=O) groups excluding carboxylic acids is 1. The van der Waals surface area contributed by atoms with Gasteiger partial charge in [-0.2, -0.15) is 0 Å². The molecule has 0 aliphatic carbocycles. The van der Waals surface area contributed by atoms with Crippen LogP contribution < -0.4 is 5.32 Å². The van der Waals surface area contributed by atoms with Gasteiger partial charge in [-0.1, -0.05) is 17.7 Å². The predicted molar refractivity (Wildman–Crippen MR) is 79.2 cm³/mol. The van der Waals surface area contributed by atoms with Crippen molar-refractivity contribution in [3.63, 3.8) is 0 Å². The van der Waals surface area contributed by atoms with Gasteiger partial charge in [0.15, 0.2) is 0 Å². The van der Waals surface area contributed by atoms with E-state index in [1.165, 1.54) is 0 Å². The van der Waals surface area contributed by atoms with Crippen LogP contribution in [0.25, 0.3) is 0 Å². The summed E-state index contributed by atoms with van der Waals surface area (Å²) in [4.78, 5) is 24.0. The van der Waals surface area contributed by atoms with Gasteiger partial charge in [-0.3, -0.25) is 14.5 Å². The molecular formula is C14H19ClN2O3. The lowest BCUT2D eigenvalue weighted by Crippen LogP contribution is -2.31. The van der Waals surface area contributed by atoms with Crippen molar-refractivity contribution in [3.8, 4) is 0 Å². The number of carboxylic acids is 1. The number of rotatable bonds is 7. The molecule has 6 heteroatoms. The Hall–Kier alpha value is -1.59. The van der Waals surface area contributed by atoms with Crippen LogP contribution in [-0.2, 0) is 9.59 Å². The highest BCUT2D eigenvalue weighted by Gasteiger charge is 2.08. The molecule has 0 spiro atoms. The first-order valence-electron chi connectivity index (χ1n) is 6.35. The van der Waals surface area contributed by atoms with E-state index in [9.17, 15) is 9.59 Å². The zero-order valence-electron chi connectivity index (χ0n) is 11.6. The molecule has 1 rings (SSSR count). The van der Waals surface area contributed by atoms with Crippen molar-refractivity contribution in [1.82, 2.24) is 4.90 Å². The quantitative estimate of drug-likeness (QED) is 0.811. The summed E-state index contributed by atoms with van der Waals surface area (Å²) in [6.07, 6.45) is 0.634. The highest BCUT2D eigenvalue weighted by molar-refractivity contribution is 6.31. The van der Waals surface area contributed by atoms with Crippen molar-refractivity contribution in [2.45, 2.75) is 19.8 Å². The molecule has 20 heavy (non-hydrogen) atoms. The maximum Gasteiger partial charge on any atom is 0.303 e. The maximum absolute atomic E-state index is 11.8. The van der Waals surface area contributed by atoms with Crippen LogP contribution in [0.3, 0.4) is 0 Å². The van der Waals surface area contributed by atoms with Gasteiger partial charge < -0.3 is 10.4 Å². The second-order valence-electron chi connectivity index (χ2n) is 4.75. The number of carbonyl (C=O) groups is 2. The average Bonchev–Trinajstić information content (AvgIpc) is 2.33. The number of halogens is 1. The molecule has 0 heterocycles. The molecule has 1 aromatic rings. The number of hydrogen-bond donors (Lipinski definition) is 2. The monoisotopic (exact) mass is 298 g/mol. The minimum absolute atomic E-state index is 0.111. The Morgan fingerprint density at radius 1 is 1.40 bits per heavy atom. The number of hydrogen-bond acceptors (Lipinski definition) is 3. The van der Waals surface area contributed by atoms with E-state index in [1.54, 1.807) is 24.1 Å². The van der Waals surface area contributed by atoms with Crippen LogP contribution in [0, 0.1) is 6.92 Å². The van der Waals surface area contributed by atoms with Crippen molar-refractivity contribution in [2.75, 3.05) is 25.5 Å². The Balaban J connectivity index is 2.38. The second-order valence-corrected chi connectivity index (χ2v) is 5.15. The van der Waals surface area contributed by atoms with Crippen molar-refractivity contribution >= 4 is 29.2 Å². The van der Waals surface area contributed by atoms with Gasteiger partial charge in [0, 0.05) is 17.1 Å². The number of likely N-dealkylation sites (N-methyl/N-ethyl adjacent to an activating group) is 1. The van der Waals surface area contributed by atoms with Crippen molar-refractivity contribution in [2.24, 2.45) is 0 Å². The zero-order chi connectivity index (χ0) is 15.1. The Morgan fingerprint density at radius 2 is 2.10 bits per heavy atom. The summed E-state index contributed by atoms with van der Waals surface area (Å²) in [6, 6.07) is 5.34. The molecule has 110 valence electrons. The highest BCUT2D eigenvalue weighted by atomic mass is 35.5. The summed E-state index contributed by atoms with van der Waals surface area (Å²) in [5, 5.41) is 11.9. The predicted octanol–water partition coefficient (Wildman–Crippen LogP) is 2.38. The molecular weight excluding hydrogens is 280 g/mol. The van der Waals surface area contributed by atoms with E-state index in [0.29, 0.717) is 23.7 Å². The molecule has 0 radical (unpaired) electrons. The molecule has 2 N–H and O–H groups in total. The lowest BCUT2D eigenvalue weighted by molar-refractivity contribution is -0.137. The number of nitrogens with one attached hydrogen (secondary N) is 1. The van der Waals surface area contributed by atoms with Crippen molar-refractivity contribution in [1.29, 1.82) is 0 Å². The molecule has 5 nitrogen and oxygen atoms in total. The van der Waals surface area contributed by atoms with Crippen LogP contribution >= 0.6 is 11.6 Å². The van der Waals surface area contributed by atoms with Crippen molar-refractivity contribution < 1.29 is 14.7 Å². The topological polar surface area (TPSA) is 69.6 Å². The average molecular weight is 299 g/mol. The number of carboxylic acid groups (broad SMARTS) is 1. The highest BCUT2D eigenvalue weighted by Crippen LogP contribution is 2.19. The second kappa shape index (κ2) is 7.87. The Bertz CT molecular complexity index is 491. The van der Waals surface area contributed by atoms with Gasteiger partial charge in [-0.25, -0.2) is 0 Å². The lowest BCUT2D eigenvalue weighted by atomic mass is 10.2. The molecule has 0 aliphatic heterocycles. The fraction of sp³-hybridized carbons (Fsp3) is 0.429. The first-order chi connectivity index (χ1) is 9.38. The van der Waals surface area contributed by atoms with Gasteiger partial charge in [0.05, 0.1) is 6.54 Å². The first kappa shape index (κ1) is 16.5. The van der Waals surface area contributed by atoms with E-state index in [4.69, 9.17) is 16.7 Å². The number of aryl methyl sites for hydroxylation is 1.